The third kappa shape index (κ3) is 4.30. The Kier molecular flexibility index (Phi) is 5.50. The molecule has 3 aromatic heterocycles. The van der Waals surface area contributed by atoms with Gasteiger partial charge in [0.25, 0.3) is 5.91 Å². The minimum atomic E-state index is -4.83. The summed E-state index contributed by atoms with van der Waals surface area (Å²) in [4.78, 5) is 21.7. The molecule has 4 aromatic rings. The third-order valence-corrected chi connectivity index (χ3v) is 5.42. The monoisotopic (exact) mass is 463 g/mol. The van der Waals surface area contributed by atoms with Crippen LogP contribution in [-0.2, 0) is 6.18 Å². The van der Waals surface area contributed by atoms with E-state index in [-0.39, 0.29) is 10.9 Å². The number of hydrogen-bond donors (Lipinski definition) is 1. The van der Waals surface area contributed by atoms with E-state index in [0.29, 0.717) is 15.4 Å². The van der Waals surface area contributed by atoms with Gasteiger partial charge in [0.15, 0.2) is 16.6 Å². The number of amides is 1. The Labute approximate surface area is 183 Å². The Hall–Kier alpha value is -3.24. The van der Waals surface area contributed by atoms with E-state index in [9.17, 15) is 18.0 Å². The molecule has 0 bridgehead atoms. The zero-order valence-electron chi connectivity index (χ0n) is 15.8. The van der Waals surface area contributed by atoms with Crippen molar-refractivity contribution in [2.75, 3.05) is 5.32 Å². The largest absolute Gasteiger partial charge is 0.434 e. The molecule has 0 saturated carbocycles. The van der Waals surface area contributed by atoms with Crippen molar-refractivity contribution in [3.63, 3.8) is 0 Å². The lowest BCUT2D eigenvalue weighted by atomic mass is 10.1. The summed E-state index contributed by atoms with van der Waals surface area (Å²) in [6, 6.07) is 11.4. The number of nitrogens with one attached hydrogen (secondary N) is 1. The molecule has 0 spiro atoms. The van der Waals surface area contributed by atoms with Crippen molar-refractivity contribution in [1.29, 1.82) is 0 Å². The smallest absolute Gasteiger partial charge is 0.298 e. The number of rotatable bonds is 4. The minimum absolute atomic E-state index is 0.0519. The normalized spacial score (nSPS) is 11.5. The van der Waals surface area contributed by atoms with Crippen LogP contribution in [0.2, 0.25) is 5.02 Å². The predicted octanol–water partition coefficient (Wildman–Crippen LogP) is 5.62. The van der Waals surface area contributed by atoms with Crippen molar-refractivity contribution in [2.45, 2.75) is 13.1 Å². The lowest BCUT2D eigenvalue weighted by Crippen LogP contribution is -2.21. The molecule has 4 rings (SSSR count). The average Bonchev–Trinajstić information content (AvgIpc) is 3.33. The van der Waals surface area contributed by atoms with E-state index in [2.05, 4.69) is 20.4 Å². The first-order chi connectivity index (χ1) is 14.7. The maximum absolute atomic E-state index is 13.8. The maximum Gasteiger partial charge on any atom is 0.434 e. The quantitative estimate of drug-likeness (QED) is 0.426. The molecule has 31 heavy (non-hydrogen) atoms. The van der Waals surface area contributed by atoms with Crippen LogP contribution in [-0.4, -0.2) is 25.7 Å². The molecule has 6 nitrogen and oxygen atoms in total. The first kappa shape index (κ1) is 21.0. The van der Waals surface area contributed by atoms with E-state index in [1.807, 2.05) is 0 Å². The van der Waals surface area contributed by atoms with E-state index < -0.39 is 23.3 Å². The molecule has 0 saturated heterocycles. The number of aryl methyl sites for hydroxylation is 1. The van der Waals surface area contributed by atoms with Crippen LogP contribution in [0, 0.1) is 6.92 Å². The van der Waals surface area contributed by atoms with Gasteiger partial charge in [0, 0.05) is 21.7 Å². The van der Waals surface area contributed by atoms with Crippen LogP contribution in [0.3, 0.4) is 0 Å². The summed E-state index contributed by atoms with van der Waals surface area (Å²) in [7, 11) is 0. The SMILES string of the molecule is Cc1sc(NC(=O)c2cnn(-c3ccccn3)c2C(F)(F)F)nc1-c1ccc(Cl)cc1. The lowest BCUT2D eigenvalue weighted by Gasteiger charge is -2.11. The molecule has 1 N–H and O–H groups in total. The molecule has 1 amide bonds. The van der Waals surface area contributed by atoms with E-state index in [0.717, 1.165) is 28.0 Å². The second-order valence-electron chi connectivity index (χ2n) is 6.39. The van der Waals surface area contributed by atoms with Gasteiger partial charge in [-0.15, -0.1) is 11.3 Å². The number of aromatic nitrogens is 4. The van der Waals surface area contributed by atoms with E-state index in [1.165, 1.54) is 18.3 Å². The van der Waals surface area contributed by atoms with Crippen molar-refractivity contribution in [3.8, 4) is 17.1 Å². The number of thiazole rings is 1. The van der Waals surface area contributed by atoms with Gasteiger partial charge in [0.1, 0.15) is 0 Å². The Morgan fingerprint density at radius 2 is 1.90 bits per heavy atom. The molecule has 0 aliphatic rings. The number of hydrogen-bond acceptors (Lipinski definition) is 5. The Morgan fingerprint density at radius 1 is 1.16 bits per heavy atom. The summed E-state index contributed by atoms with van der Waals surface area (Å²) in [5.74, 6) is -1.02. The standard InChI is InChI=1S/C20H13ClF3N5OS/c1-11-16(12-5-7-13(21)8-6-12)27-19(31-11)28-18(30)14-10-26-29(17(14)20(22,23)24)15-4-2-3-9-25-15/h2-10H,1H3,(H,27,28,30). The van der Waals surface area contributed by atoms with Crippen LogP contribution in [0.25, 0.3) is 17.1 Å². The van der Waals surface area contributed by atoms with Gasteiger partial charge in [-0.1, -0.05) is 29.8 Å². The molecular formula is C20H13ClF3N5OS. The van der Waals surface area contributed by atoms with E-state index >= 15 is 0 Å². The topological polar surface area (TPSA) is 72.7 Å². The summed E-state index contributed by atoms with van der Waals surface area (Å²) >= 11 is 7.06. The number of carbonyl (C=O) groups is 1. The Bertz CT molecular complexity index is 1240. The van der Waals surface area contributed by atoms with Crippen LogP contribution >= 0.6 is 22.9 Å². The molecule has 1 aromatic carbocycles. The Morgan fingerprint density at radius 3 is 2.55 bits per heavy atom. The van der Waals surface area contributed by atoms with Gasteiger partial charge in [-0.2, -0.15) is 18.3 Å². The van der Waals surface area contributed by atoms with Crippen LogP contribution < -0.4 is 5.32 Å². The van der Waals surface area contributed by atoms with Crippen LogP contribution in [0.1, 0.15) is 20.9 Å². The van der Waals surface area contributed by atoms with Crippen molar-refractivity contribution in [1.82, 2.24) is 19.7 Å². The number of nitrogens with zero attached hydrogens (tertiary/aromatic N) is 4. The van der Waals surface area contributed by atoms with Crippen molar-refractivity contribution in [3.05, 3.63) is 76.0 Å². The van der Waals surface area contributed by atoms with Crippen molar-refractivity contribution < 1.29 is 18.0 Å². The highest BCUT2D eigenvalue weighted by atomic mass is 35.5. The molecular weight excluding hydrogens is 451 g/mol. The fraction of sp³-hybridized carbons (Fsp3) is 0.100. The molecule has 0 atom stereocenters. The highest BCUT2D eigenvalue weighted by molar-refractivity contribution is 7.16. The second-order valence-corrected chi connectivity index (χ2v) is 8.03. The number of halogens is 4. The van der Waals surface area contributed by atoms with Crippen molar-refractivity contribution in [2.24, 2.45) is 0 Å². The fourth-order valence-corrected chi connectivity index (χ4v) is 3.89. The molecule has 0 unspecified atom stereocenters. The third-order valence-electron chi connectivity index (χ3n) is 4.28. The van der Waals surface area contributed by atoms with Crippen LogP contribution in [0.15, 0.2) is 54.9 Å². The van der Waals surface area contributed by atoms with Gasteiger partial charge in [-0.25, -0.2) is 14.6 Å². The number of anilines is 1. The van der Waals surface area contributed by atoms with Gasteiger partial charge < -0.3 is 0 Å². The average molecular weight is 464 g/mol. The minimum Gasteiger partial charge on any atom is -0.298 e. The first-order valence-electron chi connectivity index (χ1n) is 8.85. The Balaban J connectivity index is 1.66. The van der Waals surface area contributed by atoms with Crippen LogP contribution in [0.5, 0.6) is 0 Å². The highest BCUT2D eigenvalue weighted by Crippen LogP contribution is 2.35. The van der Waals surface area contributed by atoms with Crippen LogP contribution in [0.4, 0.5) is 18.3 Å². The molecule has 3 heterocycles. The summed E-state index contributed by atoms with van der Waals surface area (Å²) in [6.07, 6.45) is -2.62. The van der Waals surface area contributed by atoms with Gasteiger partial charge in [-0.05, 0) is 31.2 Å². The summed E-state index contributed by atoms with van der Waals surface area (Å²) < 4.78 is 41.9. The maximum atomic E-state index is 13.8. The molecule has 158 valence electrons. The number of benzene rings is 1. The van der Waals surface area contributed by atoms with Gasteiger partial charge in [0.05, 0.1) is 17.5 Å². The molecule has 0 aliphatic heterocycles. The number of alkyl halides is 3. The van der Waals surface area contributed by atoms with Gasteiger partial charge >= 0.3 is 6.18 Å². The molecule has 0 aliphatic carbocycles. The summed E-state index contributed by atoms with van der Waals surface area (Å²) in [5.41, 5.74) is -0.455. The first-order valence-corrected chi connectivity index (χ1v) is 10.0. The highest BCUT2D eigenvalue weighted by Gasteiger charge is 2.41. The zero-order valence-corrected chi connectivity index (χ0v) is 17.4. The zero-order chi connectivity index (χ0) is 22.2. The second kappa shape index (κ2) is 8.12. The predicted molar refractivity (Wildman–Crippen MR) is 112 cm³/mol. The van der Waals surface area contributed by atoms with E-state index in [1.54, 1.807) is 37.3 Å². The lowest BCUT2D eigenvalue weighted by molar-refractivity contribution is -0.143. The van der Waals surface area contributed by atoms with Gasteiger partial charge in [-0.3, -0.25) is 10.1 Å². The number of pyridine rings is 1. The summed E-state index contributed by atoms with van der Waals surface area (Å²) in [5, 5.41) is 6.92. The number of carbonyl (C=O) groups excluding carboxylic acids is 1. The molecule has 0 radical (unpaired) electrons. The summed E-state index contributed by atoms with van der Waals surface area (Å²) in [6.45, 7) is 1.80. The van der Waals surface area contributed by atoms with E-state index in [4.69, 9.17) is 11.6 Å². The van der Waals surface area contributed by atoms with Gasteiger partial charge in [0.2, 0.25) is 0 Å². The molecule has 11 heteroatoms. The van der Waals surface area contributed by atoms with Crippen molar-refractivity contribution >= 4 is 34.0 Å². The fourth-order valence-electron chi connectivity index (χ4n) is 2.93. The molecule has 0 fully saturated rings.